The van der Waals surface area contributed by atoms with Crippen LogP contribution in [0.2, 0.25) is 0 Å². The highest BCUT2D eigenvalue weighted by atomic mass is 31.1. The first kappa shape index (κ1) is 7.62. The fourth-order valence-electron chi connectivity index (χ4n) is 0.838. The van der Waals surface area contributed by atoms with E-state index in [1.54, 1.807) is 0 Å². The van der Waals surface area contributed by atoms with Gasteiger partial charge in [-0.15, -0.1) is 0 Å². The summed E-state index contributed by atoms with van der Waals surface area (Å²) in [6, 6.07) is 1.99. The van der Waals surface area contributed by atoms with Crippen molar-refractivity contribution >= 4 is 14.1 Å². The Labute approximate surface area is 62.9 Å². The molecule has 54 valence electrons. The van der Waals surface area contributed by atoms with Gasteiger partial charge in [-0.05, 0) is 26.6 Å². The lowest BCUT2D eigenvalue weighted by atomic mass is 10.4. The topological polar surface area (TPSA) is 25.8 Å². The minimum Gasteiger partial charge on any atom is -0.234 e. The van der Waals surface area contributed by atoms with E-state index >= 15 is 0 Å². The number of rotatable bonds is 1. The van der Waals surface area contributed by atoms with Crippen LogP contribution in [0.4, 0.5) is 0 Å². The molecule has 0 saturated carbocycles. The van der Waals surface area contributed by atoms with Gasteiger partial charge in [0.1, 0.15) is 5.57 Å². The predicted octanol–water partition coefficient (Wildman–Crippen LogP) is 1.03. The summed E-state index contributed by atoms with van der Waals surface area (Å²) in [6.07, 6.45) is 0. The zero-order valence-electron chi connectivity index (χ0n) is 6.47. The van der Waals surface area contributed by atoms with Gasteiger partial charge >= 0.3 is 0 Å². The fraction of sp³-hybridized carbons (Fsp3) is 0.429. The van der Waals surface area contributed by atoms with Crippen LogP contribution < -0.4 is 5.57 Å². The molecule has 0 amide bonds. The normalized spacial score (nSPS) is 11.1. The van der Waals surface area contributed by atoms with Crippen molar-refractivity contribution in [2.75, 3.05) is 6.66 Å². The molecule has 1 rings (SSSR count). The Morgan fingerprint density at radius 3 is 2.10 bits per heavy atom. The number of aromatic nitrogens is 2. The summed E-state index contributed by atoms with van der Waals surface area (Å²) >= 11 is 0. The molecule has 1 atom stereocenters. The number of nitrogens with zero attached hydrogens (tertiary/aromatic N) is 2. The molecular formula is C7H11N2P. The predicted molar refractivity (Wildman–Crippen MR) is 45.4 cm³/mol. The Kier molecular flexibility index (Phi) is 2.34. The van der Waals surface area contributed by atoms with Gasteiger partial charge in [-0.1, -0.05) is 8.58 Å². The highest BCUT2D eigenvalue weighted by molar-refractivity contribution is 7.45. The van der Waals surface area contributed by atoms with Crippen LogP contribution >= 0.6 is 8.58 Å². The molecule has 0 aliphatic carbocycles. The lowest BCUT2D eigenvalue weighted by Gasteiger charge is -1.98. The largest absolute Gasteiger partial charge is 0.234 e. The number of hydrogen-bond donors (Lipinski definition) is 0. The first-order valence-corrected chi connectivity index (χ1v) is 4.72. The Balaban J connectivity index is 3.06. The second-order valence-electron chi connectivity index (χ2n) is 2.22. The smallest absolute Gasteiger partial charge is 0.147 e. The molecule has 3 heteroatoms. The lowest BCUT2D eigenvalue weighted by Crippen LogP contribution is -2.08. The van der Waals surface area contributed by atoms with Crippen LogP contribution in [0.15, 0.2) is 6.07 Å². The van der Waals surface area contributed by atoms with Gasteiger partial charge in [-0.3, -0.25) is 0 Å². The zero-order valence-corrected chi connectivity index (χ0v) is 7.47. The van der Waals surface area contributed by atoms with Gasteiger partial charge < -0.3 is 0 Å². The molecule has 10 heavy (non-hydrogen) atoms. The SMILES string of the molecule is CPc1nc(C)cc(C)n1. The molecule has 1 unspecified atom stereocenters. The van der Waals surface area contributed by atoms with Gasteiger partial charge in [0, 0.05) is 11.4 Å². The van der Waals surface area contributed by atoms with Gasteiger partial charge in [0.25, 0.3) is 0 Å². The second-order valence-corrected chi connectivity index (χ2v) is 3.17. The Bertz CT molecular complexity index is 215. The summed E-state index contributed by atoms with van der Waals surface area (Å²) in [4.78, 5) is 8.51. The maximum atomic E-state index is 4.25. The van der Waals surface area contributed by atoms with Gasteiger partial charge in [0.15, 0.2) is 0 Å². The molecule has 0 radical (unpaired) electrons. The van der Waals surface area contributed by atoms with E-state index in [0.717, 1.165) is 17.0 Å². The molecule has 0 fully saturated rings. The van der Waals surface area contributed by atoms with Gasteiger partial charge in [-0.25, -0.2) is 9.97 Å². The maximum absolute atomic E-state index is 4.25. The Hall–Kier alpha value is -0.490. The van der Waals surface area contributed by atoms with E-state index in [9.17, 15) is 0 Å². The lowest BCUT2D eigenvalue weighted by molar-refractivity contribution is 1.10. The molecule has 0 spiro atoms. The molecular weight excluding hydrogens is 143 g/mol. The first-order chi connectivity index (χ1) is 4.72. The molecule has 0 aliphatic heterocycles. The van der Waals surface area contributed by atoms with E-state index in [1.807, 2.05) is 19.9 Å². The van der Waals surface area contributed by atoms with Crippen molar-refractivity contribution < 1.29 is 0 Å². The van der Waals surface area contributed by atoms with Gasteiger partial charge in [0.05, 0.1) is 0 Å². The average Bonchev–Trinajstić information content (AvgIpc) is 1.85. The molecule has 1 heterocycles. The summed E-state index contributed by atoms with van der Waals surface area (Å²) in [5.74, 6) is 0. The molecule has 0 aromatic carbocycles. The van der Waals surface area contributed by atoms with Crippen LogP contribution in [0.25, 0.3) is 0 Å². The highest BCUT2D eigenvalue weighted by Crippen LogP contribution is 2.00. The van der Waals surface area contributed by atoms with Crippen LogP contribution in [0, 0.1) is 13.8 Å². The maximum Gasteiger partial charge on any atom is 0.147 e. The summed E-state index contributed by atoms with van der Waals surface area (Å²) in [6.45, 7) is 6.09. The minimum atomic E-state index is 0.701. The van der Waals surface area contributed by atoms with Crippen LogP contribution in [0.3, 0.4) is 0 Å². The van der Waals surface area contributed by atoms with Crippen molar-refractivity contribution in [2.45, 2.75) is 13.8 Å². The van der Waals surface area contributed by atoms with Crippen molar-refractivity contribution in [3.63, 3.8) is 0 Å². The van der Waals surface area contributed by atoms with Crippen LogP contribution in [-0.2, 0) is 0 Å². The summed E-state index contributed by atoms with van der Waals surface area (Å²) in [7, 11) is 0.701. The van der Waals surface area contributed by atoms with Crippen molar-refractivity contribution in [1.82, 2.24) is 9.97 Å². The molecule has 2 nitrogen and oxygen atoms in total. The monoisotopic (exact) mass is 154 g/mol. The molecule has 1 aromatic heterocycles. The summed E-state index contributed by atoms with van der Waals surface area (Å²) in [5.41, 5.74) is 3.10. The van der Waals surface area contributed by atoms with E-state index in [4.69, 9.17) is 0 Å². The van der Waals surface area contributed by atoms with Gasteiger partial charge in [-0.2, -0.15) is 0 Å². The van der Waals surface area contributed by atoms with E-state index in [-0.39, 0.29) is 0 Å². The molecule has 1 aromatic rings. The molecule has 0 N–H and O–H groups in total. The van der Waals surface area contributed by atoms with Crippen molar-refractivity contribution in [2.24, 2.45) is 0 Å². The third-order valence-electron chi connectivity index (χ3n) is 1.21. The second kappa shape index (κ2) is 3.07. The van der Waals surface area contributed by atoms with Crippen LogP contribution in [0.5, 0.6) is 0 Å². The van der Waals surface area contributed by atoms with E-state index < -0.39 is 0 Å². The van der Waals surface area contributed by atoms with E-state index in [2.05, 4.69) is 16.6 Å². The van der Waals surface area contributed by atoms with Crippen molar-refractivity contribution in [3.05, 3.63) is 17.5 Å². The number of hydrogen-bond acceptors (Lipinski definition) is 2. The third kappa shape index (κ3) is 1.74. The van der Waals surface area contributed by atoms with Gasteiger partial charge in [0.2, 0.25) is 0 Å². The highest BCUT2D eigenvalue weighted by Gasteiger charge is 1.94. The Morgan fingerprint density at radius 2 is 1.70 bits per heavy atom. The van der Waals surface area contributed by atoms with Crippen molar-refractivity contribution in [1.29, 1.82) is 0 Å². The minimum absolute atomic E-state index is 0.701. The molecule has 0 bridgehead atoms. The van der Waals surface area contributed by atoms with Crippen LogP contribution in [-0.4, -0.2) is 16.6 Å². The van der Waals surface area contributed by atoms with Crippen molar-refractivity contribution in [3.8, 4) is 0 Å². The quantitative estimate of drug-likeness (QED) is 0.564. The van der Waals surface area contributed by atoms with E-state index in [0.29, 0.717) is 8.58 Å². The fourth-order valence-corrected chi connectivity index (χ4v) is 1.41. The number of aryl methyl sites for hydroxylation is 2. The van der Waals surface area contributed by atoms with Crippen LogP contribution in [0.1, 0.15) is 11.4 Å². The first-order valence-electron chi connectivity index (χ1n) is 3.22. The zero-order chi connectivity index (χ0) is 7.56. The third-order valence-corrected chi connectivity index (χ3v) is 1.88. The standard InChI is InChI=1S/C7H11N2P/c1-5-4-6(2)9-7(8-5)10-3/h4,10H,1-3H3. The van der Waals surface area contributed by atoms with E-state index in [1.165, 1.54) is 0 Å². The summed E-state index contributed by atoms with van der Waals surface area (Å²) in [5, 5.41) is 0. The average molecular weight is 154 g/mol. The molecule has 0 saturated heterocycles. The Morgan fingerprint density at radius 1 is 1.20 bits per heavy atom. The summed E-state index contributed by atoms with van der Waals surface area (Å²) < 4.78 is 0. The molecule has 0 aliphatic rings.